The molecule has 6 nitrogen and oxygen atoms in total. The van der Waals surface area contributed by atoms with Crippen LogP contribution in [0.5, 0.6) is 5.75 Å². The maximum absolute atomic E-state index is 12.5. The molecule has 0 aliphatic carbocycles. The number of nitrogens with zero attached hydrogens (tertiary/aromatic N) is 1. The number of sulfonamides is 1. The minimum Gasteiger partial charge on any atom is -0.493 e. The lowest BCUT2D eigenvalue weighted by Crippen LogP contribution is -2.42. The molecule has 1 atom stereocenters. The van der Waals surface area contributed by atoms with E-state index in [-0.39, 0.29) is 11.0 Å². The van der Waals surface area contributed by atoms with Crippen molar-refractivity contribution in [1.82, 2.24) is 9.62 Å². The lowest BCUT2D eigenvalue weighted by Gasteiger charge is -2.33. The Kier molecular flexibility index (Phi) is 7.66. The van der Waals surface area contributed by atoms with Crippen molar-refractivity contribution in [2.75, 3.05) is 39.4 Å². The summed E-state index contributed by atoms with van der Waals surface area (Å²) in [5, 5.41) is 0. The van der Waals surface area contributed by atoms with Crippen molar-refractivity contribution in [3.63, 3.8) is 0 Å². The van der Waals surface area contributed by atoms with Gasteiger partial charge in [0.15, 0.2) is 0 Å². The SMILES string of the molecule is CC(C)COc1ccc(S(=O)(=O)NCCN2CCO[C@@H](c3ccccc3)C2)cc1. The zero-order valence-corrected chi connectivity index (χ0v) is 17.9. The molecule has 2 aromatic rings. The molecule has 1 aliphatic rings. The van der Waals surface area contributed by atoms with E-state index in [0.717, 1.165) is 18.7 Å². The van der Waals surface area contributed by atoms with Crippen molar-refractivity contribution < 1.29 is 17.9 Å². The van der Waals surface area contributed by atoms with Crippen LogP contribution in [0.4, 0.5) is 0 Å². The molecule has 7 heteroatoms. The van der Waals surface area contributed by atoms with Gasteiger partial charge < -0.3 is 9.47 Å². The van der Waals surface area contributed by atoms with Crippen LogP contribution in [0.2, 0.25) is 0 Å². The van der Waals surface area contributed by atoms with Gasteiger partial charge in [0, 0.05) is 26.2 Å². The van der Waals surface area contributed by atoms with E-state index in [1.807, 2.05) is 18.2 Å². The quantitative estimate of drug-likeness (QED) is 0.678. The lowest BCUT2D eigenvalue weighted by atomic mass is 10.1. The van der Waals surface area contributed by atoms with Crippen molar-refractivity contribution in [3.8, 4) is 5.75 Å². The second kappa shape index (κ2) is 10.2. The molecule has 2 aromatic carbocycles. The average molecular weight is 419 g/mol. The van der Waals surface area contributed by atoms with E-state index in [1.165, 1.54) is 0 Å². The van der Waals surface area contributed by atoms with Crippen LogP contribution in [0.3, 0.4) is 0 Å². The Morgan fingerprint density at radius 2 is 1.86 bits per heavy atom. The topological polar surface area (TPSA) is 67.9 Å². The monoisotopic (exact) mass is 418 g/mol. The number of nitrogens with one attached hydrogen (secondary N) is 1. The summed E-state index contributed by atoms with van der Waals surface area (Å²) in [7, 11) is -3.54. The van der Waals surface area contributed by atoms with Gasteiger partial charge in [-0.1, -0.05) is 44.2 Å². The fourth-order valence-electron chi connectivity index (χ4n) is 3.17. The highest BCUT2D eigenvalue weighted by atomic mass is 32.2. The second-order valence-electron chi connectivity index (χ2n) is 7.64. The Morgan fingerprint density at radius 3 is 2.55 bits per heavy atom. The van der Waals surface area contributed by atoms with E-state index in [1.54, 1.807) is 24.3 Å². The van der Waals surface area contributed by atoms with Crippen molar-refractivity contribution in [2.45, 2.75) is 24.8 Å². The normalized spacial score (nSPS) is 18.1. The van der Waals surface area contributed by atoms with Crippen LogP contribution in [-0.4, -0.2) is 52.7 Å². The van der Waals surface area contributed by atoms with Gasteiger partial charge in [0.05, 0.1) is 24.2 Å². The van der Waals surface area contributed by atoms with Crippen molar-refractivity contribution in [3.05, 3.63) is 60.2 Å². The molecule has 0 bridgehead atoms. The van der Waals surface area contributed by atoms with Crippen LogP contribution in [-0.2, 0) is 14.8 Å². The number of rotatable bonds is 9. The second-order valence-corrected chi connectivity index (χ2v) is 9.41. The smallest absolute Gasteiger partial charge is 0.240 e. The molecule has 3 rings (SSSR count). The predicted octanol–water partition coefficient (Wildman–Crippen LogP) is 3.07. The fraction of sp³-hybridized carbons (Fsp3) is 0.455. The minimum absolute atomic E-state index is 0.0277. The summed E-state index contributed by atoms with van der Waals surface area (Å²) >= 11 is 0. The van der Waals surface area contributed by atoms with Gasteiger partial charge in [0.1, 0.15) is 5.75 Å². The van der Waals surface area contributed by atoms with Gasteiger partial charge >= 0.3 is 0 Å². The van der Waals surface area contributed by atoms with Gasteiger partial charge in [-0.2, -0.15) is 0 Å². The van der Waals surface area contributed by atoms with E-state index in [0.29, 0.717) is 38.0 Å². The van der Waals surface area contributed by atoms with Crippen molar-refractivity contribution >= 4 is 10.0 Å². The Hall–Kier alpha value is -1.93. The molecule has 29 heavy (non-hydrogen) atoms. The first-order valence-corrected chi connectivity index (χ1v) is 11.5. The van der Waals surface area contributed by atoms with Crippen molar-refractivity contribution in [1.29, 1.82) is 0 Å². The number of hydrogen-bond donors (Lipinski definition) is 1. The number of ether oxygens (including phenoxy) is 2. The molecule has 1 fully saturated rings. The highest BCUT2D eigenvalue weighted by Crippen LogP contribution is 2.21. The van der Waals surface area contributed by atoms with Gasteiger partial charge in [-0.15, -0.1) is 0 Å². The molecule has 1 aliphatic heterocycles. The summed E-state index contributed by atoms with van der Waals surface area (Å²) in [6, 6.07) is 16.7. The van der Waals surface area contributed by atoms with Gasteiger partial charge in [-0.05, 0) is 35.7 Å². The third kappa shape index (κ3) is 6.54. The first-order chi connectivity index (χ1) is 13.9. The van der Waals surface area contributed by atoms with E-state index in [9.17, 15) is 8.42 Å². The first kappa shape index (κ1) is 21.8. The lowest BCUT2D eigenvalue weighted by molar-refractivity contribution is -0.0291. The Morgan fingerprint density at radius 1 is 1.14 bits per heavy atom. The molecule has 1 N–H and O–H groups in total. The summed E-state index contributed by atoms with van der Waals surface area (Å²) < 4.78 is 39.3. The summed E-state index contributed by atoms with van der Waals surface area (Å²) in [5.74, 6) is 1.10. The summed E-state index contributed by atoms with van der Waals surface area (Å²) in [4.78, 5) is 2.48. The third-order valence-corrected chi connectivity index (χ3v) is 6.24. The van der Waals surface area contributed by atoms with E-state index in [4.69, 9.17) is 9.47 Å². The minimum atomic E-state index is -3.54. The fourth-order valence-corrected chi connectivity index (χ4v) is 4.20. The first-order valence-electron chi connectivity index (χ1n) is 10.1. The van der Waals surface area contributed by atoms with E-state index >= 15 is 0 Å². The molecule has 0 spiro atoms. The van der Waals surface area contributed by atoms with Crippen LogP contribution >= 0.6 is 0 Å². The molecule has 0 unspecified atom stereocenters. The average Bonchev–Trinajstić information content (AvgIpc) is 2.73. The van der Waals surface area contributed by atoms with Crippen molar-refractivity contribution in [2.24, 2.45) is 5.92 Å². The zero-order valence-electron chi connectivity index (χ0n) is 17.1. The van der Waals surface area contributed by atoms with Gasteiger partial charge in [-0.3, -0.25) is 4.90 Å². The molecule has 0 radical (unpaired) electrons. The zero-order chi connectivity index (χ0) is 20.7. The van der Waals surface area contributed by atoms with Crippen LogP contribution in [0, 0.1) is 5.92 Å². The molecule has 0 aromatic heterocycles. The van der Waals surface area contributed by atoms with Crippen LogP contribution < -0.4 is 9.46 Å². The molecule has 1 saturated heterocycles. The predicted molar refractivity (Wildman–Crippen MR) is 114 cm³/mol. The summed E-state index contributed by atoms with van der Waals surface area (Å²) in [5.41, 5.74) is 1.15. The highest BCUT2D eigenvalue weighted by molar-refractivity contribution is 7.89. The molecule has 1 heterocycles. The largest absolute Gasteiger partial charge is 0.493 e. The highest BCUT2D eigenvalue weighted by Gasteiger charge is 2.22. The maximum atomic E-state index is 12.5. The Labute approximate surface area is 173 Å². The number of morpholine rings is 1. The van der Waals surface area contributed by atoms with Crippen LogP contribution in [0.15, 0.2) is 59.5 Å². The molecular weight excluding hydrogens is 388 g/mol. The molecule has 0 amide bonds. The third-order valence-electron chi connectivity index (χ3n) is 4.76. The standard InChI is InChI=1S/C22H30N2O4S/c1-18(2)17-28-20-8-10-21(11-9-20)29(25,26)23-12-13-24-14-15-27-22(16-24)19-6-4-3-5-7-19/h3-11,18,22-23H,12-17H2,1-2H3/t22-/m1/s1. The van der Waals surface area contributed by atoms with E-state index in [2.05, 4.69) is 35.6 Å². The van der Waals surface area contributed by atoms with Crippen LogP contribution in [0.1, 0.15) is 25.5 Å². The maximum Gasteiger partial charge on any atom is 0.240 e. The number of hydrogen-bond acceptors (Lipinski definition) is 5. The Balaban J connectivity index is 1.49. The van der Waals surface area contributed by atoms with Gasteiger partial charge in [-0.25, -0.2) is 13.1 Å². The van der Waals surface area contributed by atoms with Gasteiger partial charge in [0.2, 0.25) is 10.0 Å². The molecular formula is C22H30N2O4S. The van der Waals surface area contributed by atoms with E-state index < -0.39 is 10.0 Å². The summed E-state index contributed by atoms with van der Waals surface area (Å²) in [6.45, 7) is 7.94. The Bertz CT molecular complexity index is 854. The molecule has 0 saturated carbocycles. The van der Waals surface area contributed by atoms with Crippen LogP contribution in [0.25, 0.3) is 0 Å². The number of benzene rings is 2. The van der Waals surface area contributed by atoms with Gasteiger partial charge in [0.25, 0.3) is 0 Å². The molecule has 158 valence electrons. The summed E-state index contributed by atoms with van der Waals surface area (Å²) in [6.07, 6.45) is 0.0277.